The smallest absolute Gasteiger partial charge is 0.416 e. The Morgan fingerprint density at radius 1 is 1.29 bits per heavy atom. The first-order valence-electron chi connectivity index (χ1n) is 6.88. The van der Waals surface area contributed by atoms with Gasteiger partial charge in [-0.15, -0.1) is 0 Å². The average molecular weight is 298 g/mol. The molecule has 1 aliphatic carbocycles. The summed E-state index contributed by atoms with van der Waals surface area (Å²) >= 11 is 0. The summed E-state index contributed by atoms with van der Waals surface area (Å²) in [6.07, 6.45) is -1.17. The van der Waals surface area contributed by atoms with Crippen molar-refractivity contribution in [1.82, 2.24) is 0 Å². The van der Waals surface area contributed by atoms with Crippen molar-refractivity contribution in [3.63, 3.8) is 0 Å². The monoisotopic (exact) mass is 298 g/mol. The molecule has 1 aliphatic rings. The first-order valence-corrected chi connectivity index (χ1v) is 6.88. The molecule has 1 aromatic rings. The number of ether oxygens (including phenoxy) is 1. The number of benzene rings is 1. The molecule has 0 spiro atoms. The number of rotatable bonds is 3. The highest BCUT2D eigenvalue weighted by atomic mass is 19.4. The van der Waals surface area contributed by atoms with Crippen molar-refractivity contribution < 1.29 is 22.7 Å². The minimum atomic E-state index is -4.55. The van der Waals surface area contributed by atoms with Gasteiger partial charge in [-0.3, -0.25) is 4.79 Å². The highest BCUT2D eigenvalue weighted by Crippen LogP contribution is 2.38. The lowest BCUT2D eigenvalue weighted by Gasteiger charge is -2.16. The first kappa shape index (κ1) is 15.6. The Morgan fingerprint density at radius 2 is 1.90 bits per heavy atom. The van der Waals surface area contributed by atoms with E-state index in [-0.39, 0.29) is 17.2 Å². The molecule has 0 saturated heterocycles. The van der Waals surface area contributed by atoms with Crippen LogP contribution in [-0.4, -0.2) is 12.1 Å². The molecular weight excluding hydrogens is 281 g/mol. The van der Waals surface area contributed by atoms with Crippen molar-refractivity contribution >= 4 is 11.5 Å². The predicted octanol–water partition coefficient (Wildman–Crippen LogP) is 4.67. The van der Waals surface area contributed by atoms with Crippen molar-refractivity contribution in [2.75, 3.05) is 0 Å². The third kappa shape index (κ3) is 3.65. The summed E-state index contributed by atoms with van der Waals surface area (Å²) in [7, 11) is 0. The van der Waals surface area contributed by atoms with Gasteiger partial charge in [0.05, 0.1) is 11.5 Å². The van der Waals surface area contributed by atoms with Crippen LogP contribution in [0.2, 0.25) is 0 Å². The fraction of sp³-hybridized carbons (Fsp3) is 0.438. The zero-order valence-electron chi connectivity index (χ0n) is 11.8. The molecule has 0 bridgehead atoms. The third-order valence-corrected chi connectivity index (χ3v) is 3.70. The van der Waals surface area contributed by atoms with E-state index in [9.17, 15) is 18.0 Å². The molecule has 21 heavy (non-hydrogen) atoms. The van der Waals surface area contributed by atoms with E-state index >= 15 is 0 Å². The molecular formula is C16H17F3O2. The molecule has 0 unspecified atom stereocenters. The normalized spacial score (nSPS) is 16.0. The van der Waals surface area contributed by atoms with E-state index in [1.165, 1.54) is 12.1 Å². The van der Waals surface area contributed by atoms with Crippen molar-refractivity contribution in [2.45, 2.75) is 38.8 Å². The number of hydrogen-bond acceptors (Lipinski definition) is 2. The number of carbonyl (C=O) groups is 1. The van der Waals surface area contributed by atoms with Gasteiger partial charge in [-0.05, 0) is 31.4 Å². The van der Waals surface area contributed by atoms with Crippen LogP contribution in [0, 0.1) is 12.8 Å². The quantitative estimate of drug-likeness (QED) is 0.599. The topological polar surface area (TPSA) is 26.3 Å². The number of allylic oxidation sites excluding steroid dienone is 1. The number of alkyl halides is 3. The van der Waals surface area contributed by atoms with Crippen molar-refractivity contribution in [1.29, 1.82) is 0 Å². The Balaban J connectivity index is 2.27. The van der Waals surface area contributed by atoms with E-state index in [0.717, 1.165) is 31.2 Å². The number of esters is 1. The van der Waals surface area contributed by atoms with Crippen LogP contribution in [0.1, 0.15) is 36.8 Å². The summed E-state index contributed by atoms with van der Waals surface area (Å²) in [5, 5.41) is 0. The Labute approximate surface area is 121 Å². The molecule has 2 nitrogen and oxygen atoms in total. The molecule has 0 amide bonds. The summed E-state index contributed by atoms with van der Waals surface area (Å²) in [6.45, 7) is 4.80. The number of aryl methyl sites for hydroxylation is 1. The first-order chi connectivity index (χ1) is 9.79. The van der Waals surface area contributed by atoms with E-state index in [1.807, 2.05) is 0 Å². The SMILES string of the molecule is C=C(c1ccc(C)cc1OC(=O)C1CCCC1)C(F)(F)F. The van der Waals surface area contributed by atoms with E-state index in [4.69, 9.17) is 4.74 Å². The van der Waals surface area contributed by atoms with Gasteiger partial charge in [-0.1, -0.05) is 31.6 Å². The van der Waals surface area contributed by atoms with Gasteiger partial charge in [-0.25, -0.2) is 0 Å². The molecule has 0 N–H and O–H groups in total. The van der Waals surface area contributed by atoms with E-state index in [2.05, 4.69) is 6.58 Å². The van der Waals surface area contributed by atoms with Gasteiger partial charge in [0.1, 0.15) is 5.75 Å². The minimum absolute atomic E-state index is 0.0609. The lowest BCUT2D eigenvalue weighted by atomic mass is 10.0. The number of carbonyl (C=O) groups excluding carboxylic acids is 1. The fourth-order valence-corrected chi connectivity index (χ4v) is 2.47. The maximum atomic E-state index is 12.8. The van der Waals surface area contributed by atoms with Crippen molar-refractivity contribution in [3.8, 4) is 5.75 Å². The van der Waals surface area contributed by atoms with Gasteiger partial charge in [0.15, 0.2) is 0 Å². The number of halogens is 3. The van der Waals surface area contributed by atoms with Crippen LogP contribution in [0.15, 0.2) is 24.8 Å². The molecule has 0 atom stereocenters. The van der Waals surface area contributed by atoms with Gasteiger partial charge in [0.25, 0.3) is 0 Å². The lowest BCUT2D eigenvalue weighted by Crippen LogP contribution is -2.19. The van der Waals surface area contributed by atoms with Crippen LogP contribution in [0.3, 0.4) is 0 Å². The molecule has 1 fully saturated rings. The van der Waals surface area contributed by atoms with Crippen molar-refractivity contribution in [2.24, 2.45) is 5.92 Å². The third-order valence-electron chi connectivity index (χ3n) is 3.70. The average Bonchev–Trinajstić information content (AvgIpc) is 2.91. The zero-order chi connectivity index (χ0) is 15.6. The summed E-state index contributed by atoms with van der Waals surface area (Å²) in [4.78, 5) is 12.0. The summed E-state index contributed by atoms with van der Waals surface area (Å²) in [6, 6.07) is 4.28. The summed E-state index contributed by atoms with van der Waals surface area (Å²) in [5.74, 6) is -0.721. The van der Waals surface area contributed by atoms with Gasteiger partial charge in [0.2, 0.25) is 0 Å². The Bertz CT molecular complexity index is 555. The highest BCUT2D eigenvalue weighted by Gasteiger charge is 2.35. The molecule has 2 rings (SSSR count). The lowest BCUT2D eigenvalue weighted by molar-refractivity contribution is -0.138. The van der Waals surface area contributed by atoms with Crippen LogP contribution in [0.5, 0.6) is 5.75 Å². The second kappa shape index (κ2) is 5.92. The van der Waals surface area contributed by atoms with Crippen molar-refractivity contribution in [3.05, 3.63) is 35.9 Å². The molecule has 5 heteroatoms. The predicted molar refractivity (Wildman–Crippen MR) is 73.9 cm³/mol. The van der Waals surface area contributed by atoms with Crippen LogP contribution in [0.25, 0.3) is 5.57 Å². The maximum Gasteiger partial charge on any atom is 0.416 e. The van der Waals surface area contributed by atoms with Crippen LogP contribution >= 0.6 is 0 Å². The highest BCUT2D eigenvalue weighted by molar-refractivity contribution is 5.79. The van der Waals surface area contributed by atoms with Gasteiger partial charge >= 0.3 is 12.1 Å². The van der Waals surface area contributed by atoms with Crippen LogP contribution in [0.4, 0.5) is 13.2 Å². The Kier molecular flexibility index (Phi) is 4.40. The van der Waals surface area contributed by atoms with Crippen LogP contribution < -0.4 is 4.74 Å². The van der Waals surface area contributed by atoms with E-state index in [1.54, 1.807) is 13.0 Å². The molecule has 0 aliphatic heterocycles. The molecule has 1 aromatic carbocycles. The molecule has 1 saturated carbocycles. The van der Waals surface area contributed by atoms with Gasteiger partial charge in [0, 0.05) is 5.56 Å². The van der Waals surface area contributed by atoms with E-state index in [0.29, 0.717) is 0 Å². The summed E-state index contributed by atoms with van der Waals surface area (Å²) < 4.78 is 43.7. The molecule has 0 aromatic heterocycles. The van der Waals surface area contributed by atoms with Crippen LogP contribution in [-0.2, 0) is 4.79 Å². The maximum absolute atomic E-state index is 12.8. The standard InChI is InChI=1S/C16H17F3O2/c1-10-7-8-13(11(2)16(17,18)19)14(9-10)21-15(20)12-5-3-4-6-12/h7-9,12H,2-6H2,1H3. The molecule has 114 valence electrons. The molecule has 0 radical (unpaired) electrons. The summed E-state index contributed by atoms with van der Waals surface area (Å²) in [5.41, 5.74) is -0.459. The fourth-order valence-electron chi connectivity index (χ4n) is 2.47. The Hall–Kier alpha value is -1.78. The second-order valence-electron chi connectivity index (χ2n) is 5.38. The second-order valence-corrected chi connectivity index (χ2v) is 5.38. The molecule has 0 heterocycles. The van der Waals surface area contributed by atoms with E-state index < -0.39 is 17.7 Å². The van der Waals surface area contributed by atoms with Gasteiger partial charge < -0.3 is 4.74 Å². The Morgan fingerprint density at radius 3 is 2.48 bits per heavy atom. The minimum Gasteiger partial charge on any atom is -0.426 e. The number of hydrogen-bond donors (Lipinski definition) is 0. The largest absolute Gasteiger partial charge is 0.426 e. The van der Waals surface area contributed by atoms with Gasteiger partial charge in [-0.2, -0.15) is 13.2 Å². The zero-order valence-corrected chi connectivity index (χ0v) is 11.8.